The van der Waals surface area contributed by atoms with Gasteiger partial charge in [0.15, 0.2) is 0 Å². The standard InChI is InChI=1S/C17H18ClNO/c1-14-6-5-9-16(12-14)17(20)19(11-10-18)13-15-7-3-2-4-8-15/h2-9,12H,10-11,13H2,1H3. The van der Waals surface area contributed by atoms with Gasteiger partial charge < -0.3 is 4.90 Å². The summed E-state index contributed by atoms with van der Waals surface area (Å²) in [6.45, 7) is 3.11. The van der Waals surface area contributed by atoms with Gasteiger partial charge in [0.05, 0.1) is 0 Å². The SMILES string of the molecule is Cc1cccc(C(=O)N(CCCl)Cc2ccccc2)c1. The van der Waals surface area contributed by atoms with E-state index in [1.165, 1.54) is 0 Å². The zero-order valence-electron chi connectivity index (χ0n) is 11.6. The molecule has 0 aliphatic heterocycles. The van der Waals surface area contributed by atoms with Gasteiger partial charge in [-0.2, -0.15) is 0 Å². The summed E-state index contributed by atoms with van der Waals surface area (Å²) in [6.07, 6.45) is 0. The number of benzene rings is 2. The van der Waals surface area contributed by atoms with Crippen LogP contribution in [-0.4, -0.2) is 23.2 Å². The third-order valence-corrected chi connectivity index (χ3v) is 3.29. The van der Waals surface area contributed by atoms with Crippen molar-refractivity contribution in [2.24, 2.45) is 0 Å². The fourth-order valence-corrected chi connectivity index (χ4v) is 2.32. The van der Waals surface area contributed by atoms with Gasteiger partial charge in [0, 0.05) is 24.5 Å². The Morgan fingerprint density at radius 2 is 1.85 bits per heavy atom. The molecule has 2 nitrogen and oxygen atoms in total. The number of rotatable bonds is 5. The lowest BCUT2D eigenvalue weighted by Gasteiger charge is -2.22. The fourth-order valence-electron chi connectivity index (χ4n) is 2.12. The number of hydrogen-bond acceptors (Lipinski definition) is 1. The highest BCUT2D eigenvalue weighted by molar-refractivity contribution is 6.18. The van der Waals surface area contributed by atoms with Crippen LogP contribution in [0.2, 0.25) is 0 Å². The number of alkyl halides is 1. The number of nitrogens with zero attached hydrogens (tertiary/aromatic N) is 1. The molecule has 0 saturated carbocycles. The molecule has 0 aliphatic rings. The number of amides is 1. The average Bonchev–Trinajstić information content (AvgIpc) is 2.47. The van der Waals surface area contributed by atoms with E-state index in [0.29, 0.717) is 24.5 Å². The number of aryl methyl sites for hydroxylation is 1. The molecule has 2 rings (SSSR count). The van der Waals surface area contributed by atoms with Crippen LogP contribution in [-0.2, 0) is 6.54 Å². The molecular formula is C17H18ClNO. The van der Waals surface area contributed by atoms with E-state index in [1.54, 1.807) is 4.90 Å². The monoisotopic (exact) mass is 287 g/mol. The second-order valence-corrected chi connectivity index (χ2v) is 5.15. The van der Waals surface area contributed by atoms with Gasteiger partial charge in [-0.15, -0.1) is 11.6 Å². The van der Waals surface area contributed by atoms with Crippen LogP contribution in [0.25, 0.3) is 0 Å². The quantitative estimate of drug-likeness (QED) is 0.764. The lowest BCUT2D eigenvalue weighted by Crippen LogP contribution is -2.32. The van der Waals surface area contributed by atoms with Crippen LogP contribution in [0.4, 0.5) is 0 Å². The van der Waals surface area contributed by atoms with Crippen molar-refractivity contribution in [1.29, 1.82) is 0 Å². The molecule has 0 N–H and O–H groups in total. The number of halogens is 1. The summed E-state index contributed by atoms with van der Waals surface area (Å²) in [7, 11) is 0. The van der Waals surface area contributed by atoms with Gasteiger partial charge in [-0.05, 0) is 24.6 Å². The normalized spacial score (nSPS) is 10.3. The molecule has 0 aromatic heterocycles. The van der Waals surface area contributed by atoms with Crippen LogP contribution < -0.4 is 0 Å². The van der Waals surface area contributed by atoms with E-state index in [9.17, 15) is 4.79 Å². The molecule has 0 spiro atoms. The molecule has 0 unspecified atom stereocenters. The van der Waals surface area contributed by atoms with Gasteiger partial charge in [0.1, 0.15) is 0 Å². The van der Waals surface area contributed by atoms with E-state index < -0.39 is 0 Å². The summed E-state index contributed by atoms with van der Waals surface area (Å²) in [5, 5.41) is 0. The van der Waals surface area contributed by atoms with Gasteiger partial charge in [-0.25, -0.2) is 0 Å². The summed E-state index contributed by atoms with van der Waals surface area (Å²) in [5.41, 5.74) is 2.91. The zero-order valence-corrected chi connectivity index (χ0v) is 12.3. The molecule has 1 amide bonds. The highest BCUT2D eigenvalue weighted by atomic mass is 35.5. The van der Waals surface area contributed by atoms with Crippen molar-refractivity contribution in [1.82, 2.24) is 4.90 Å². The molecule has 0 atom stereocenters. The Balaban J connectivity index is 2.18. The van der Waals surface area contributed by atoms with Crippen molar-refractivity contribution in [3.8, 4) is 0 Å². The first-order chi connectivity index (χ1) is 9.70. The van der Waals surface area contributed by atoms with Crippen LogP contribution in [0.3, 0.4) is 0 Å². The van der Waals surface area contributed by atoms with Crippen molar-refractivity contribution in [3.63, 3.8) is 0 Å². The smallest absolute Gasteiger partial charge is 0.254 e. The third-order valence-electron chi connectivity index (χ3n) is 3.12. The molecule has 3 heteroatoms. The summed E-state index contributed by atoms with van der Waals surface area (Å²) in [5.74, 6) is 0.461. The van der Waals surface area contributed by atoms with Crippen LogP contribution in [0.15, 0.2) is 54.6 Å². The largest absolute Gasteiger partial charge is 0.333 e. The lowest BCUT2D eigenvalue weighted by molar-refractivity contribution is 0.0753. The summed E-state index contributed by atoms with van der Waals surface area (Å²) in [6, 6.07) is 17.6. The average molecular weight is 288 g/mol. The molecule has 0 heterocycles. The first-order valence-corrected chi connectivity index (χ1v) is 7.20. The number of carbonyl (C=O) groups excluding carboxylic acids is 1. The van der Waals surface area contributed by atoms with Crippen molar-refractivity contribution < 1.29 is 4.79 Å². The first-order valence-electron chi connectivity index (χ1n) is 6.66. The van der Waals surface area contributed by atoms with Gasteiger partial charge in [-0.1, -0.05) is 48.0 Å². The minimum atomic E-state index is 0.0261. The second-order valence-electron chi connectivity index (χ2n) is 4.77. The Morgan fingerprint density at radius 3 is 2.50 bits per heavy atom. The van der Waals surface area contributed by atoms with Crippen LogP contribution in [0, 0.1) is 6.92 Å². The Kier molecular flexibility index (Phi) is 5.19. The Labute approximate surface area is 125 Å². The van der Waals surface area contributed by atoms with Crippen LogP contribution in [0.5, 0.6) is 0 Å². The second kappa shape index (κ2) is 7.11. The predicted octanol–water partition coefficient (Wildman–Crippen LogP) is 3.88. The molecule has 0 saturated heterocycles. The van der Waals surface area contributed by atoms with E-state index in [0.717, 1.165) is 11.1 Å². The molecule has 0 radical (unpaired) electrons. The van der Waals surface area contributed by atoms with Crippen LogP contribution >= 0.6 is 11.6 Å². The van der Waals surface area contributed by atoms with Crippen molar-refractivity contribution in [2.75, 3.05) is 12.4 Å². The maximum absolute atomic E-state index is 12.6. The third kappa shape index (κ3) is 3.84. The molecule has 0 fully saturated rings. The molecule has 2 aromatic rings. The highest BCUT2D eigenvalue weighted by Gasteiger charge is 2.15. The van der Waals surface area contributed by atoms with E-state index in [1.807, 2.05) is 61.5 Å². The van der Waals surface area contributed by atoms with Crippen molar-refractivity contribution in [2.45, 2.75) is 13.5 Å². The van der Waals surface area contributed by atoms with E-state index in [4.69, 9.17) is 11.6 Å². The predicted molar refractivity (Wildman–Crippen MR) is 83.1 cm³/mol. The molecule has 2 aromatic carbocycles. The molecule has 0 bridgehead atoms. The minimum Gasteiger partial charge on any atom is -0.333 e. The zero-order chi connectivity index (χ0) is 14.4. The minimum absolute atomic E-state index is 0.0261. The van der Waals surface area contributed by atoms with E-state index in [-0.39, 0.29) is 5.91 Å². The van der Waals surface area contributed by atoms with E-state index in [2.05, 4.69) is 0 Å². The fraction of sp³-hybridized carbons (Fsp3) is 0.235. The maximum Gasteiger partial charge on any atom is 0.254 e. The van der Waals surface area contributed by atoms with Crippen molar-refractivity contribution >= 4 is 17.5 Å². The first kappa shape index (κ1) is 14.6. The summed E-state index contributed by atoms with van der Waals surface area (Å²) >= 11 is 5.83. The molecule has 20 heavy (non-hydrogen) atoms. The lowest BCUT2D eigenvalue weighted by atomic mass is 10.1. The van der Waals surface area contributed by atoms with Gasteiger partial charge in [0.2, 0.25) is 0 Å². The molecule has 104 valence electrons. The Bertz CT molecular complexity index is 568. The van der Waals surface area contributed by atoms with Crippen molar-refractivity contribution in [3.05, 3.63) is 71.3 Å². The number of hydrogen-bond donors (Lipinski definition) is 0. The summed E-state index contributed by atoms with van der Waals surface area (Å²) < 4.78 is 0. The molecular weight excluding hydrogens is 270 g/mol. The Morgan fingerprint density at radius 1 is 1.10 bits per heavy atom. The van der Waals surface area contributed by atoms with E-state index >= 15 is 0 Å². The topological polar surface area (TPSA) is 20.3 Å². The Hall–Kier alpha value is -1.80. The van der Waals surface area contributed by atoms with Crippen LogP contribution in [0.1, 0.15) is 21.5 Å². The highest BCUT2D eigenvalue weighted by Crippen LogP contribution is 2.11. The van der Waals surface area contributed by atoms with Gasteiger partial charge in [0.25, 0.3) is 5.91 Å². The van der Waals surface area contributed by atoms with Gasteiger partial charge in [-0.3, -0.25) is 4.79 Å². The van der Waals surface area contributed by atoms with Gasteiger partial charge >= 0.3 is 0 Å². The molecule has 0 aliphatic carbocycles. The number of carbonyl (C=O) groups is 1. The maximum atomic E-state index is 12.6. The summed E-state index contributed by atoms with van der Waals surface area (Å²) in [4.78, 5) is 14.3.